The summed E-state index contributed by atoms with van der Waals surface area (Å²) in [6.07, 6.45) is 3.98. The summed E-state index contributed by atoms with van der Waals surface area (Å²) in [4.78, 5) is 4.20. The van der Waals surface area contributed by atoms with Crippen LogP contribution < -0.4 is 5.59 Å². The molecule has 4 nitrogen and oxygen atoms in total. The van der Waals surface area contributed by atoms with Crippen LogP contribution in [0.4, 0.5) is 0 Å². The molecule has 1 saturated heterocycles. The molecule has 19 heavy (non-hydrogen) atoms. The van der Waals surface area contributed by atoms with E-state index in [-0.39, 0.29) is 5.75 Å². The van der Waals surface area contributed by atoms with Gasteiger partial charge in [0.15, 0.2) is 0 Å². The summed E-state index contributed by atoms with van der Waals surface area (Å²) >= 11 is 0. The molecule has 0 saturated carbocycles. The van der Waals surface area contributed by atoms with Crippen LogP contribution in [0.25, 0.3) is 0 Å². The largest absolute Gasteiger partial charge is 0.518 e. The quantitative estimate of drug-likeness (QED) is 0.666. The van der Waals surface area contributed by atoms with E-state index in [0.717, 1.165) is 5.56 Å². The van der Waals surface area contributed by atoms with E-state index in [1.807, 2.05) is 27.7 Å². The summed E-state index contributed by atoms with van der Waals surface area (Å²) in [5, 5.41) is 10.3. The smallest absolute Gasteiger partial charge is 0.506 e. The number of hydrogen-bond acceptors (Lipinski definition) is 4. The summed E-state index contributed by atoms with van der Waals surface area (Å²) in [6.45, 7) is 11.6. The minimum absolute atomic E-state index is 0.126. The third kappa shape index (κ3) is 2.40. The van der Waals surface area contributed by atoms with Gasteiger partial charge in [-0.15, -0.1) is 6.58 Å². The van der Waals surface area contributed by atoms with Crippen LogP contribution in [0.2, 0.25) is 0 Å². The lowest BCUT2D eigenvalue weighted by Crippen LogP contribution is -2.41. The van der Waals surface area contributed by atoms with E-state index in [0.29, 0.717) is 12.0 Å². The molecule has 1 fully saturated rings. The summed E-state index contributed by atoms with van der Waals surface area (Å²) in [6, 6.07) is 1.77. The molecular formula is C14H20BNO3. The predicted octanol–water partition coefficient (Wildman–Crippen LogP) is 1.81. The van der Waals surface area contributed by atoms with Gasteiger partial charge in [-0.05, 0) is 40.2 Å². The second-order valence-corrected chi connectivity index (χ2v) is 5.78. The minimum Gasteiger partial charge on any atom is -0.506 e. The second kappa shape index (κ2) is 4.65. The number of hydrogen-bond donors (Lipinski definition) is 1. The van der Waals surface area contributed by atoms with Crippen molar-refractivity contribution in [2.75, 3.05) is 0 Å². The van der Waals surface area contributed by atoms with Crippen LogP contribution in [0.5, 0.6) is 5.75 Å². The van der Waals surface area contributed by atoms with Crippen molar-refractivity contribution in [1.82, 2.24) is 4.98 Å². The Morgan fingerprint density at radius 3 is 2.42 bits per heavy atom. The fourth-order valence-corrected chi connectivity index (χ4v) is 1.96. The van der Waals surface area contributed by atoms with Crippen molar-refractivity contribution in [3.63, 3.8) is 0 Å². The highest BCUT2D eigenvalue weighted by Gasteiger charge is 2.53. The average Bonchev–Trinajstić information content (AvgIpc) is 2.51. The number of rotatable bonds is 3. The second-order valence-electron chi connectivity index (χ2n) is 5.78. The summed E-state index contributed by atoms with van der Waals surface area (Å²) in [5.41, 5.74) is 0.313. The SMILES string of the molecule is C=CCc1ccnc(B2OC(C)(C)C(C)(C)O2)c1O. The summed E-state index contributed by atoms with van der Waals surface area (Å²) in [5.74, 6) is 0.126. The zero-order valence-corrected chi connectivity index (χ0v) is 11.9. The van der Waals surface area contributed by atoms with E-state index in [1.165, 1.54) is 0 Å². The zero-order chi connectivity index (χ0) is 14.3. The highest BCUT2D eigenvalue weighted by molar-refractivity contribution is 6.62. The summed E-state index contributed by atoms with van der Waals surface area (Å²) < 4.78 is 11.8. The molecule has 0 aliphatic carbocycles. The Kier molecular flexibility index (Phi) is 3.45. The first kappa shape index (κ1) is 14.1. The van der Waals surface area contributed by atoms with Crippen LogP contribution in [-0.2, 0) is 15.7 Å². The standard InChI is InChI=1S/C14H20BNO3/c1-6-7-10-8-9-16-12(11(10)17)15-18-13(2,3)14(4,5)19-15/h6,8-9,17H,1,7H2,2-5H3. The van der Waals surface area contributed by atoms with Crippen molar-refractivity contribution in [2.45, 2.75) is 45.3 Å². The van der Waals surface area contributed by atoms with Crippen LogP contribution in [-0.4, -0.2) is 28.4 Å². The number of aromatic hydroxyl groups is 1. The molecule has 1 N–H and O–H groups in total. The fourth-order valence-electron chi connectivity index (χ4n) is 1.96. The van der Waals surface area contributed by atoms with E-state index in [4.69, 9.17) is 9.31 Å². The molecule has 5 heteroatoms. The predicted molar refractivity (Wildman–Crippen MR) is 75.5 cm³/mol. The maximum absolute atomic E-state index is 10.3. The van der Waals surface area contributed by atoms with Crippen LogP contribution in [0.3, 0.4) is 0 Å². The Labute approximate surface area is 114 Å². The molecule has 1 aliphatic heterocycles. The monoisotopic (exact) mass is 261 g/mol. The van der Waals surface area contributed by atoms with E-state index >= 15 is 0 Å². The first-order valence-electron chi connectivity index (χ1n) is 6.42. The lowest BCUT2D eigenvalue weighted by molar-refractivity contribution is 0.00578. The average molecular weight is 261 g/mol. The fraction of sp³-hybridized carbons (Fsp3) is 0.500. The first-order valence-corrected chi connectivity index (χ1v) is 6.42. The Bertz CT molecular complexity index is 483. The van der Waals surface area contributed by atoms with Crippen LogP contribution in [0, 0.1) is 0 Å². The molecule has 1 aromatic heterocycles. The van der Waals surface area contributed by atoms with Gasteiger partial charge in [0.2, 0.25) is 0 Å². The van der Waals surface area contributed by atoms with Gasteiger partial charge in [-0.25, -0.2) is 0 Å². The van der Waals surface area contributed by atoms with Crippen molar-refractivity contribution in [1.29, 1.82) is 0 Å². The molecule has 102 valence electrons. The highest BCUT2D eigenvalue weighted by atomic mass is 16.7. The molecule has 0 aromatic carbocycles. The molecule has 0 spiro atoms. The molecule has 0 unspecified atom stereocenters. The van der Waals surface area contributed by atoms with Gasteiger partial charge < -0.3 is 14.4 Å². The Morgan fingerprint density at radius 2 is 1.89 bits per heavy atom. The number of aromatic nitrogens is 1. The molecule has 1 aromatic rings. The van der Waals surface area contributed by atoms with E-state index in [1.54, 1.807) is 18.3 Å². The third-order valence-electron chi connectivity index (χ3n) is 3.88. The lowest BCUT2D eigenvalue weighted by Gasteiger charge is -2.32. The zero-order valence-electron chi connectivity index (χ0n) is 11.9. The maximum atomic E-state index is 10.3. The van der Waals surface area contributed by atoms with Gasteiger partial charge in [-0.2, -0.15) is 0 Å². The topological polar surface area (TPSA) is 51.6 Å². The van der Waals surface area contributed by atoms with Crippen LogP contribution in [0.1, 0.15) is 33.3 Å². The Balaban J connectivity index is 2.34. The lowest BCUT2D eigenvalue weighted by atomic mass is 9.82. The van der Waals surface area contributed by atoms with E-state index in [2.05, 4.69) is 11.6 Å². The van der Waals surface area contributed by atoms with Crippen molar-refractivity contribution >= 4 is 12.7 Å². The number of pyridine rings is 1. The first-order chi connectivity index (χ1) is 8.78. The molecule has 0 radical (unpaired) electrons. The number of allylic oxidation sites excluding steroid dienone is 1. The van der Waals surface area contributed by atoms with Gasteiger partial charge in [-0.1, -0.05) is 6.08 Å². The molecule has 0 atom stereocenters. The van der Waals surface area contributed by atoms with Crippen molar-refractivity contribution < 1.29 is 14.4 Å². The third-order valence-corrected chi connectivity index (χ3v) is 3.88. The van der Waals surface area contributed by atoms with E-state index in [9.17, 15) is 5.11 Å². The molecule has 0 amide bonds. The van der Waals surface area contributed by atoms with Crippen molar-refractivity contribution in [3.8, 4) is 5.75 Å². The number of nitrogens with zero attached hydrogens (tertiary/aromatic N) is 1. The van der Waals surface area contributed by atoms with E-state index < -0.39 is 18.3 Å². The van der Waals surface area contributed by atoms with Gasteiger partial charge in [0.05, 0.1) is 11.2 Å². The Morgan fingerprint density at radius 1 is 1.32 bits per heavy atom. The molecular weight excluding hydrogens is 241 g/mol. The molecule has 1 aliphatic rings. The maximum Gasteiger partial charge on any atom is 0.518 e. The molecule has 2 rings (SSSR count). The van der Waals surface area contributed by atoms with Gasteiger partial charge in [0.25, 0.3) is 0 Å². The molecule has 2 heterocycles. The van der Waals surface area contributed by atoms with Crippen LogP contribution in [0.15, 0.2) is 24.9 Å². The van der Waals surface area contributed by atoms with Crippen LogP contribution >= 0.6 is 0 Å². The van der Waals surface area contributed by atoms with Gasteiger partial charge in [-0.3, -0.25) is 4.98 Å². The van der Waals surface area contributed by atoms with Gasteiger partial charge in [0, 0.05) is 11.8 Å². The normalized spacial score (nSPS) is 20.5. The highest BCUT2D eigenvalue weighted by Crippen LogP contribution is 2.37. The van der Waals surface area contributed by atoms with Gasteiger partial charge >= 0.3 is 7.12 Å². The van der Waals surface area contributed by atoms with Crippen molar-refractivity contribution in [3.05, 3.63) is 30.5 Å². The molecule has 0 bridgehead atoms. The summed E-state index contributed by atoms with van der Waals surface area (Å²) in [7, 11) is -0.644. The van der Waals surface area contributed by atoms with Crippen molar-refractivity contribution in [2.24, 2.45) is 0 Å². The van der Waals surface area contributed by atoms with Gasteiger partial charge in [0.1, 0.15) is 11.3 Å². The Hall–Kier alpha value is -1.33. The minimum atomic E-state index is -0.644.